The van der Waals surface area contributed by atoms with Gasteiger partial charge in [0.1, 0.15) is 17.1 Å². The fourth-order valence-electron chi connectivity index (χ4n) is 3.18. The van der Waals surface area contributed by atoms with Gasteiger partial charge in [-0.2, -0.15) is 0 Å². The lowest BCUT2D eigenvalue weighted by molar-refractivity contribution is -0.00197. The van der Waals surface area contributed by atoms with Crippen LogP contribution in [0.2, 0.25) is 0 Å². The van der Waals surface area contributed by atoms with Crippen molar-refractivity contribution in [1.29, 1.82) is 0 Å². The van der Waals surface area contributed by atoms with Crippen LogP contribution in [0.5, 0.6) is 40.2 Å². The summed E-state index contributed by atoms with van der Waals surface area (Å²) in [5.74, 6) is -1.31. The van der Waals surface area contributed by atoms with Crippen LogP contribution in [0.15, 0.2) is 18.2 Å². The molecule has 9 heteroatoms. The van der Waals surface area contributed by atoms with Crippen molar-refractivity contribution in [3.63, 3.8) is 0 Å². The SMILES string of the molecule is COc1cc(O)c([C@H]2Oc3cc(OC)c(OC)c(O)c3C(=O)[C@@H]2OC)cc1O. The van der Waals surface area contributed by atoms with Crippen molar-refractivity contribution in [2.45, 2.75) is 12.2 Å². The molecule has 0 saturated carbocycles. The van der Waals surface area contributed by atoms with E-state index in [0.29, 0.717) is 0 Å². The quantitative estimate of drug-likeness (QED) is 0.657. The molecule has 0 spiro atoms. The molecule has 1 aliphatic rings. The van der Waals surface area contributed by atoms with Crippen LogP contribution in [0, 0.1) is 0 Å². The average molecular weight is 392 g/mol. The number of carbonyl (C=O) groups excluding carboxylic acids is 1. The summed E-state index contributed by atoms with van der Waals surface area (Å²) >= 11 is 0. The van der Waals surface area contributed by atoms with E-state index in [9.17, 15) is 20.1 Å². The second-order valence-corrected chi connectivity index (χ2v) is 5.98. The minimum Gasteiger partial charge on any atom is -0.507 e. The van der Waals surface area contributed by atoms with Gasteiger partial charge in [-0.3, -0.25) is 4.79 Å². The third kappa shape index (κ3) is 2.89. The van der Waals surface area contributed by atoms with Crippen molar-refractivity contribution < 1.29 is 43.8 Å². The van der Waals surface area contributed by atoms with Gasteiger partial charge in [-0.1, -0.05) is 0 Å². The second kappa shape index (κ2) is 7.35. The van der Waals surface area contributed by atoms with Gasteiger partial charge in [0.2, 0.25) is 11.5 Å². The molecule has 0 saturated heterocycles. The van der Waals surface area contributed by atoms with Crippen molar-refractivity contribution in [2.24, 2.45) is 0 Å². The van der Waals surface area contributed by atoms with Gasteiger partial charge in [0.15, 0.2) is 35.2 Å². The number of Topliss-reactive ketones (excluding diaryl/α,β-unsaturated/α-hetero) is 1. The standard InChI is InChI=1S/C19H20O9/c1-24-11-6-9(20)8(5-10(11)21)17-19(27-4)16(23)14-12(28-17)7-13(25-2)18(26-3)15(14)22/h5-7,17,19-22H,1-4H3/t17-,19+/m1/s1. The molecule has 2 aromatic rings. The Hall–Kier alpha value is -3.33. The van der Waals surface area contributed by atoms with Crippen LogP contribution in [-0.2, 0) is 4.74 Å². The van der Waals surface area contributed by atoms with E-state index < -0.39 is 23.7 Å². The number of hydrogen-bond acceptors (Lipinski definition) is 9. The van der Waals surface area contributed by atoms with Crippen LogP contribution >= 0.6 is 0 Å². The third-order valence-corrected chi connectivity index (χ3v) is 4.53. The summed E-state index contributed by atoms with van der Waals surface area (Å²) in [5.41, 5.74) is -0.0172. The number of rotatable bonds is 5. The number of ether oxygens (including phenoxy) is 5. The number of methoxy groups -OCH3 is 4. The first-order valence-corrected chi connectivity index (χ1v) is 8.19. The number of benzene rings is 2. The van der Waals surface area contributed by atoms with Gasteiger partial charge in [0, 0.05) is 24.8 Å². The first-order chi connectivity index (χ1) is 13.4. The molecule has 28 heavy (non-hydrogen) atoms. The highest BCUT2D eigenvalue weighted by atomic mass is 16.5. The molecule has 1 aliphatic heterocycles. The zero-order valence-corrected chi connectivity index (χ0v) is 15.7. The molecule has 0 bridgehead atoms. The predicted molar refractivity (Wildman–Crippen MR) is 96.0 cm³/mol. The Morgan fingerprint density at radius 3 is 2.14 bits per heavy atom. The smallest absolute Gasteiger partial charge is 0.204 e. The Balaban J connectivity index is 2.17. The van der Waals surface area contributed by atoms with E-state index in [1.54, 1.807) is 0 Å². The fourth-order valence-corrected chi connectivity index (χ4v) is 3.18. The van der Waals surface area contributed by atoms with Gasteiger partial charge >= 0.3 is 0 Å². The molecule has 0 amide bonds. The molecule has 9 nitrogen and oxygen atoms in total. The summed E-state index contributed by atoms with van der Waals surface area (Å²) in [4.78, 5) is 13.0. The highest BCUT2D eigenvalue weighted by Gasteiger charge is 2.43. The fraction of sp³-hybridized carbons (Fsp3) is 0.316. The van der Waals surface area contributed by atoms with Crippen molar-refractivity contribution in [2.75, 3.05) is 28.4 Å². The van der Waals surface area contributed by atoms with E-state index in [1.807, 2.05) is 0 Å². The molecular weight excluding hydrogens is 372 g/mol. The summed E-state index contributed by atoms with van der Waals surface area (Å²) in [6.45, 7) is 0. The van der Waals surface area contributed by atoms with Crippen LogP contribution in [0.25, 0.3) is 0 Å². The van der Waals surface area contributed by atoms with Gasteiger partial charge in [-0.15, -0.1) is 0 Å². The molecule has 2 aromatic carbocycles. The summed E-state index contributed by atoms with van der Waals surface area (Å²) in [6.07, 6.45) is -2.30. The number of hydrogen-bond donors (Lipinski definition) is 3. The van der Waals surface area contributed by atoms with E-state index >= 15 is 0 Å². The monoisotopic (exact) mass is 392 g/mol. The highest BCUT2D eigenvalue weighted by molar-refractivity contribution is 6.06. The lowest BCUT2D eigenvalue weighted by Gasteiger charge is -2.33. The molecule has 1 heterocycles. The van der Waals surface area contributed by atoms with E-state index in [2.05, 4.69) is 0 Å². The Bertz CT molecular complexity index is 922. The Labute approximate surface area is 160 Å². The van der Waals surface area contributed by atoms with Gasteiger partial charge in [0.25, 0.3) is 0 Å². The largest absolute Gasteiger partial charge is 0.507 e. The zero-order chi connectivity index (χ0) is 20.6. The van der Waals surface area contributed by atoms with E-state index in [1.165, 1.54) is 46.6 Å². The lowest BCUT2D eigenvalue weighted by atomic mass is 9.91. The molecule has 150 valence electrons. The number of ketones is 1. The van der Waals surface area contributed by atoms with Gasteiger partial charge in [0.05, 0.1) is 21.3 Å². The Kier molecular flexibility index (Phi) is 5.10. The molecule has 0 aromatic heterocycles. The Morgan fingerprint density at radius 1 is 0.893 bits per heavy atom. The molecular formula is C19H20O9. The van der Waals surface area contributed by atoms with Crippen molar-refractivity contribution in [3.8, 4) is 40.2 Å². The van der Waals surface area contributed by atoms with Gasteiger partial charge in [-0.05, 0) is 6.07 Å². The topological polar surface area (TPSA) is 124 Å². The third-order valence-electron chi connectivity index (χ3n) is 4.53. The number of carbonyl (C=O) groups is 1. The number of fused-ring (bicyclic) bond motifs is 1. The lowest BCUT2D eigenvalue weighted by Crippen LogP contribution is -2.38. The van der Waals surface area contributed by atoms with E-state index in [-0.39, 0.29) is 45.6 Å². The van der Waals surface area contributed by atoms with Crippen LogP contribution in [0.4, 0.5) is 0 Å². The van der Waals surface area contributed by atoms with Gasteiger partial charge in [-0.25, -0.2) is 0 Å². The minimum atomic E-state index is -1.20. The summed E-state index contributed by atoms with van der Waals surface area (Å²) in [6, 6.07) is 3.82. The summed E-state index contributed by atoms with van der Waals surface area (Å²) in [7, 11) is 5.33. The normalized spacial score (nSPS) is 18.2. The first kappa shape index (κ1) is 19.4. The van der Waals surface area contributed by atoms with Crippen molar-refractivity contribution in [3.05, 3.63) is 29.3 Å². The van der Waals surface area contributed by atoms with Crippen LogP contribution in [0.3, 0.4) is 0 Å². The molecule has 2 atom stereocenters. The molecule has 0 unspecified atom stereocenters. The molecule has 0 aliphatic carbocycles. The maximum absolute atomic E-state index is 13.0. The summed E-state index contributed by atoms with van der Waals surface area (Å²) in [5, 5.41) is 30.9. The van der Waals surface area contributed by atoms with Crippen LogP contribution < -0.4 is 18.9 Å². The first-order valence-electron chi connectivity index (χ1n) is 8.19. The summed E-state index contributed by atoms with van der Waals surface area (Å²) < 4.78 is 26.4. The Morgan fingerprint density at radius 2 is 1.57 bits per heavy atom. The number of aromatic hydroxyl groups is 3. The maximum Gasteiger partial charge on any atom is 0.204 e. The second-order valence-electron chi connectivity index (χ2n) is 5.98. The molecule has 3 N–H and O–H groups in total. The van der Waals surface area contributed by atoms with Crippen molar-refractivity contribution in [1.82, 2.24) is 0 Å². The minimum absolute atomic E-state index is 0.0172. The van der Waals surface area contributed by atoms with Crippen LogP contribution in [-0.4, -0.2) is 55.6 Å². The average Bonchev–Trinajstić information content (AvgIpc) is 2.68. The zero-order valence-electron chi connectivity index (χ0n) is 15.7. The van der Waals surface area contributed by atoms with Crippen LogP contribution in [0.1, 0.15) is 22.0 Å². The van der Waals surface area contributed by atoms with Crippen molar-refractivity contribution >= 4 is 5.78 Å². The van der Waals surface area contributed by atoms with E-state index in [4.69, 9.17) is 23.7 Å². The molecule has 0 fully saturated rings. The number of phenolic OH excluding ortho intramolecular Hbond substituents is 3. The highest BCUT2D eigenvalue weighted by Crippen LogP contribution is 2.50. The van der Waals surface area contributed by atoms with Gasteiger partial charge < -0.3 is 39.0 Å². The van der Waals surface area contributed by atoms with E-state index in [0.717, 1.165) is 0 Å². The number of phenols is 3. The predicted octanol–water partition coefficient (Wildman–Crippen LogP) is 2.16. The molecule has 3 rings (SSSR count). The maximum atomic E-state index is 13.0. The molecule has 0 radical (unpaired) electrons.